The lowest BCUT2D eigenvalue weighted by Crippen LogP contribution is -2.31. The number of ether oxygens (including phenoxy) is 4. The van der Waals surface area contributed by atoms with Gasteiger partial charge in [0.2, 0.25) is 5.75 Å². The maximum atomic E-state index is 13.0. The number of pyridine rings is 1. The van der Waals surface area contributed by atoms with Crippen molar-refractivity contribution in [2.24, 2.45) is 0 Å². The number of methoxy groups -OCH3 is 4. The van der Waals surface area contributed by atoms with Gasteiger partial charge in [0.1, 0.15) is 5.76 Å². The highest BCUT2D eigenvalue weighted by molar-refractivity contribution is 6.46. The van der Waals surface area contributed by atoms with Gasteiger partial charge in [-0.05, 0) is 36.2 Å². The Balaban J connectivity index is 2.22. The highest BCUT2D eigenvalue weighted by Gasteiger charge is 2.46. The molecule has 2 heterocycles. The van der Waals surface area contributed by atoms with E-state index in [9.17, 15) is 14.7 Å². The first-order valence-electron chi connectivity index (χ1n) is 9.96. The van der Waals surface area contributed by atoms with Crippen LogP contribution in [0, 0.1) is 0 Å². The van der Waals surface area contributed by atoms with Crippen LogP contribution >= 0.6 is 0 Å². The second kappa shape index (κ2) is 10.1. The Morgan fingerprint density at radius 3 is 2.19 bits per heavy atom. The predicted molar refractivity (Wildman–Crippen MR) is 116 cm³/mol. The number of nitrogens with zero attached hydrogens (tertiary/aromatic N) is 2. The monoisotopic (exact) mass is 442 g/mol. The molecule has 0 radical (unpaired) electrons. The van der Waals surface area contributed by atoms with Crippen LogP contribution in [0.4, 0.5) is 0 Å². The first-order valence-corrected chi connectivity index (χ1v) is 9.96. The van der Waals surface area contributed by atoms with E-state index in [1.165, 1.54) is 38.6 Å². The number of benzene rings is 1. The highest BCUT2D eigenvalue weighted by Crippen LogP contribution is 2.45. The van der Waals surface area contributed by atoms with Crippen molar-refractivity contribution in [3.63, 3.8) is 0 Å². The fraction of sp³-hybridized carbons (Fsp3) is 0.348. The van der Waals surface area contributed by atoms with Crippen LogP contribution < -0.4 is 14.2 Å². The van der Waals surface area contributed by atoms with Gasteiger partial charge in [0.25, 0.3) is 11.7 Å². The van der Waals surface area contributed by atoms with Gasteiger partial charge < -0.3 is 29.0 Å². The molecule has 1 aliphatic rings. The second-order valence-electron chi connectivity index (χ2n) is 7.03. The van der Waals surface area contributed by atoms with E-state index in [-0.39, 0.29) is 17.9 Å². The fourth-order valence-corrected chi connectivity index (χ4v) is 3.76. The molecule has 170 valence electrons. The summed E-state index contributed by atoms with van der Waals surface area (Å²) in [5, 5.41) is 11.0. The number of ketones is 1. The largest absolute Gasteiger partial charge is 0.507 e. The lowest BCUT2D eigenvalue weighted by atomic mass is 9.95. The molecular formula is C23H26N2O7. The molecule has 1 aliphatic heterocycles. The number of aliphatic hydroxyl groups excluding tert-OH is 1. The van der Waals surface area contributed by atoms with Crippen LogP contribution in [0.2, 0.25) is 0 Å². The number of amides is 1. The zero-order chi connectivity index (χ0) is 23.3. The van der Waals surface area contributed by atoms with Gasteiger partial charge in [0.05, 0.1) is 32.9 Å². The van der Waals surface area contributed by atoms with Gasteiger partial charge in [-0.2, -0.15) is 0 Å². The van der Waals surface area contributed by atoms with E-state index in [0.717, 1.165) is 0 Å². The minimum absolute atomic E-state index is 0.0205. The van der Waals surface area contributed by atoms with Crippen molar-refractivity contribution in [1.29, 1.82) is 0 Å². The van der Waals surface area contributed by atoms with Crippen LogP contribution in [-0.4, -0.2) is 68.3 Å². The van der Waals surface area contributed by atoms with E-state index < -0.39 is 17.7 Å². The van der Waals surface area contributed by atoms with Gasteiger partial charge >= 0.3 is 0 Å². The summed E-state index contributed by atoms with van der Waals surface area (Å²) in [4.78, 5) is 31.4. The smallest absolute Gasteiger partial charge is 0.295 e. The van der Waals surface area contributed by atoms with Crippen LogP contribution in [0.5, 0.6) is 17.2 Å². The number of aromatic nitrogens is 1. The van der Waals surface area contributed by atoms with Crippen LogP contribution in [0.3, 0.4) is 0 Å². The SMILES string of the molecule is COCCCN1C(=O)C(=O)/C(=C(/O)c2ccncc2)C1c1cc(OC)c(OC)c(OC)c1. The first kappa shape index (κ1) is 23.1. The van der Waals surface area contributed by atoms with Gasteiger partial charge in [0.15, 0.2) is 11.5 Å². The fourth-order valence-electron chi connectivity index (χ4n) is 3.76. The number of likely N-dealkylation sites (tertiary alicyclic amines) is 1. The minimum Gasteiger partial charge on any atom is -0.507 e. The molecule has 1 aromatic heterocycles. The third-order valence-corrected chi connectivity index (χ3v) is 5.24. The lowest BCUT2D eigenvalue weighted by Gasteiger charge is -2.26. The topological polar surface area (TPSA) is 107 Å². The van der Waals surface area contributed by atoms with Gasteiger partial charge in [0, 0.05) is 38.2 Å². The summed E-state index contributed by atoms with van der Waals surface area (Å²) in [5.41, 5.74) is 0.895. The van der Waals surface area contributed by atoms with E-state index >= 15 is 0 Å². The van der Waals surface area contributed by atoms with Crippen molar-refractivity contribution >= 4 is 17.4 Å². The quantitative estimate of drug-likeness (QED) is 0.273. The molecule has 0 spiro atoms. The molecule has 1 saturated heterocycles. The van der Waals surface area contributed by atoms with Gasteiger partial charge in [-0.3, -0.25) is 14.6 Å². The maximum Gasteiger partial charge on any atom is 0.295 e. The standard InChI is InChI=1S/C23H26N2O7/c1-29-11-5-10-25-19(15-12-16(30-2)22(32-4)17(13-15)31-3)18(21(27)23(25)28)20(26)14-6-8-24-9-7-14/h6-9,12-13,19,26H,5,10-11H2,1-4H3/b20-18+. The molecule has 32 heavy (non-hydrogen) atoms. The van der Waals surface area contributed by atoms with Crippen LogP contribution in [-0.2, 0) is 14.3 Å². The van der Waals surface area contributed by atoms with Crippen LogP contribution in [0.15, 0.2) is 42.2 Å². The molecule has 1 unspecified atom stereocenters. The summed E-state index contributed by atoms with van der Waals surface area (Å²) in [7, 11) is 6.01. The Morgan fingerprint density at radius 2 is 1.66 bits per heavy atom. The number of hydrogen-bond donors (Lipinski definition) is 1. The molecule has 1 amide bonds. The molecule has 0 bridgehead atoms. The third kappa shape index (κ3) is 4.24. The number of carbonyl (C=O) groups is 2. The van der Waals surface area contributed by atoms with Crippen molar-refractivity contribution in [1.82, 2.24) is 9.88 Å². The molecule has 1 fully saturated rings. The molecule has 0 saturated carbocycles. The van der Waals surface area contributed by atoms with E-state index in [1.54, 1.807) is 31.4 Å². The van der Waals surface area contributed by atoms with Gasteiger partial charge in [-0.1, -0.05) is 0 Å². The Bertz CT molecular complexity index is 995. The van der Waals surface area contributed by atoms with E-state index in [1.807, 2.05) is 0 Å². The zero-order valence-electron chi connectivity index (χ0n) is 18.5. The zero-order valence-corrected chi connectivity index (χ0v) is 18.5. The molecule has 1 aromatic carbocycles. The summed E-state index contributed by atoms with van der Waals surface area (Å²) < 4.78 is 21.4. The Kier molecular flexibility index (Phi) is 7.32. The van der Waals surface area contributed by atoms with E-state index in [0.29, 0.717) is 41.4 Å². The summed E-state index contributed by atoms with van der Waals surface area (Å²) in [6, 6.07) is 5.62. The Morgan fingerprint density at radius 1 is 1.03 bits per heavy atom. The van der Waals surface area contributed by atoms with Crippen LogP contribution in [0.1, 0.15) is 23.6 Å². The van der Waals surface area contributed by atoms with Crippen molar-refractivity contribution in [2.45, 2.75) is 12.5 Å². The number of carbonyl (C=O) groups excluding carboxylic acids is 2. The average molecular weight is 442 g/mol. The van der Waals surface area contributed by atoms with Crippen molar-refractivity contribution in [2.75, 3.05) is 41.6 Å². The van der Waals surface area contributed by atoms with Crippen molar-refractivity contribution in [3.8, 4) is 17.2 Å². The lowest BCUT2D eigenvalue weighted by molar-refractivity contribution is -0.140. The summed E-state index contributed by atoms with van der Waals surface area (Å²) in [6.45, 7) is 0.669. The maximum absolute atomic E-state index is 13.0. The Labute approximate surface area is 186 Å². The third-order valence-electron chi connectivity index (χ3n) is 5.24. The molecule has 2 aromatic rings. The predicted octanol–water partition coefficient (Wildman–Crippen LogP) is 2.57. The Hall–Kier alpha value is -3.59. The van der Waals surface area contributed by atoms with E-state index in [2.05, 4.69) is 4.98 Å². The second-order valence-corrected chi connectivity index (χ2v) is 7.03. The molecular weight excluding hydrogens is 416 g/mol. The van der Waals surface area contributed by atoms with Crippen molar-refractivity contribution in [3.05, 3.63) is 53.4 Å². The van der Waals surface area contributed by atoms with Crippen LogP contribution in [0.25, 0.3) is 5.76 Å². The highest BCUT2D eigenvalue weighted by atomic mass is 16.5. The van der Waals surface area contributed by atoms with Crippen molar-refractivity contribution < 1.29 is 33.6 Å². The molecule has 0 aliphatic carbocycles. The van der Waals surface area contributed by atoms with E-state index in [4.69, 9.17) is 18.9 Å². The number of Topliss-reactive ketones (excluding diaryl/α,β-unsaturated/α-hetero) is 1. The van der Waals surface area contributed by atoms with Gasteiger partial charge in [-0.15, -0.1) is 0 Å². The summed E-state index contributed by atoms with van der Waals surface area (Å²) in [5.74, 6) is -0.629. The van der Waals surface area contributed by atoms with Gasteiger partial charge in [-0.25, -0.2) is 0 Å². The molecule has 1 atom stereocenters. The number of aliphatic hydroxyl groups is 1. The first-order chi connectivity index (χ1) is 15.5. The number of hydrogen-bond acceptors (Lipinski definition) is 8. The molecule has 9 nitrogen and oxygen atoms in total. The average Bonchev–Trinajstić information content (AvgIpc) is 3.08. The summed E-state index contributed by atoms with van der Waals surface area (Å²) in [6.07, 6.45) is 3.51. The number of rotatable bonds is 9. The summed E-state index contributed by atoms with van der Waals surface area (Å²) >= 11 is 0. The molecule has 9 heteroatoms. The normalized spacial score (nSPS) is 17.5. The molecule has 1 N–H and O–H groups in total. The molecule has 3 rings (SSSR count). The minimum atomic E-state index is -0.853.